The summed E-state index contributed by atoms with van der Waals surface area (Å²) in [5.41, 5.74) is 1.03. The molecule has 0 aliphatic carbocycles. The minimum absolute atomic E-state index is 0.750. The van der Waals surface area contributed by atoms with Crippen molar-refractivity contribution in [3.63, 3.8) is 0 Å². The van der Waals surface area contributed by atoms with Crippen LogP contribution in [-0.4, -0.2) is 11.6 Å². The summed E-state index contributed by atoms with van der Waals surface area (Å²) < 4.78 is 8.84. The zero-order chi connectivity index (χ0) is 10.8. The lowest BCUT2D eigenvalue weighted by Crippen LogP contribution is -1.95. The Morgan fingerprint density at radius 1 is 1.53 bits per heavy atom. The maximum absolute atomic E-state index is 5.63. The molecule has 0 N–H and O–H groups in total. The zero-order valence-corrected chi connectivity index (χ0v) is 12.6. The highest BCUT2D eigenvalue weighted by molar-refractivity contribution is 14.1. The molecule has 0 unspecified atom stereocenters. The van der Waals surface area contributed by atoms with Gasteiger partial charge in [-0.25, -0.2) is 4.98 Å². The van der Waals surface area contributed by atoms with E-state index in [4.69, 9.17) is 4.74 Å². The fourth-order valence-electron chi connectivity index (χ4n) is 1.22. The number of fused-ring (bicyclic) bond motifs is 1. The molecule has 1 heterocycles. The number of thiazole rings is 1. The molecule has 0 atom stereocenters. The normalized spacial score (nSPS) is 10.9. The summed E-state index contributed by atoms with van der Waals surface area (Å²) in [6.45, 7) is 2.85. The number of aromatic nitrogens is 1. The van der Waals surface area contributed by atoms with Gasteiger partial charge in [0.05, 0.1) is 21.3 Å². The van der Waals surface area contributed by atoms with E-state index >= 15 is 0 Å². The van der Waals surface area contributed by atoms with Crippen LogP contribution in [-0.2, 0) is 0 Å². The molecule has 0 saturated carbocycles. The number of hydrogen-bond donors (Lipinski definition) is 0. The summed E-state index contributed by atoms with van der Waals surface area (Å²) in [5, 5.41) is 0. The fourth-order valence-corrected chi connectivity index (χ4v) is 3.34. The van der Waals surface area contributed by atoms with E-state index in [0.717, 1.165) is 31.8 Å². The molecule has 1 aromatic heterocycles. The van der Waals surface area contributed by atoms with Gasteiger partial charge in [-0.2, -0.15) is 0 Å². The van der Waals surface area contributed by atoms with Crippen molar-refractivity contribution in [1.82, 2.24) is 4.98 Å². The quantitative estimate of drug-likeness (QED) is 0.713. The SMILES string of the molecule is CCCOc1cc2sc(I)nc2cc1Br. The first-order valence-electron chi connectivity index (χ1n) is 4.59. The summed E-state index contributed by atoms with van der Waals surface area (Å²) in [6.07, 6.45) is 1.02. The minimum Gasteiger partial charge on any atom is -0.492 e. The van der Waals surface area contributed by atoms with Crippen LogP contribution >= 0.6 is 49.9 Å². The van der Waals surface area contributed by atoms with Crippen LogP contribution in [0.2, 0.25) is 0 Å². The molecule has 15 heavy (non-hydrogen) atoms. The predicted octanol–water partition coefficient (Wildman–Crippen LogP) is 4.45. The van der Waals surface area contributed by atoms with Gasteiger partial charge in [-0.05, 0) is 51.0 Å². The largest absolute Gasteiger partial charge is 0.492 e. The zero-order valence-electron chi connectivity index (χ0n) is 8.09. The third-order valence-corrected chi connectivity index (χ3v) is 4.21. The third-order valence-electron chi connectivity index (χ3n) is 1.88. The second kappa shape index (κ2) is 4.97. The molecule has 2 aromatic rings. The summed E-state index contributed by atoms with van der Waals surface area (Å²) in [4.78, 5) is 4.42. The Morgan fingerprint density at radius 2 is 2.33 bits per heavy atom. The molecule has 0 spiro atoms. The van der Waals surface area contributed by atoms with E-state index in [1.807, 2.05) is 6.07 Å². The van der Waals surface area contributed by atoms with Gasteiger partial charge in [0.25, 0.3) is 0 Å². The summed E-state index contributed by atoms with van der Waals surface area (Å²) in [5.74, 6) is 0.907. The van der Waals surface area contributed by atoms with Crippen LogP contribution in [0.5, 0.6) is 5.75 Å². The number of benzene rings is 1. The highest BCUT2D eigenvalue weighted by Crippen LogP contribution is 2.33. The summed E-state index contributed by atoms with van der Waals surface area (Å²) >= 11 is 7.41. The molecule has 2 rings (SSSR count). The van der Waals surface area contributed by atoms with E-state index in [2.05, 4.69) is 56.5 Å². The van der Waals surface area contributed by atoms with Gasteiger partial charge in [0, 0.05) is 6.07 Å². The van der Waals surface area contributed by atoms with Gasteiger partial charge in [0.2, 0.25) is 0 Å². The molecule has 2 nitrogen and oxygen atoms in total. The number of nitrogens with zero attached hydrogens (tertiary/aromatic N) is 1. The molecule has 0 saturated heterocycles. The van der Waals surface area contributed by atoms with E-state index in [-0.39, 0.29) is 0 Å². The van der Waals surface area contributed by atoms with Gasteiger partial charge < -0.3 is 4.74 Å². The van der Waals surface area contributed by atoms with Crippen molar-refractivity contribution in [2.45, 2.75) is 13.3 Å². The smallest absolute Gasteiger partial charge is 0.155 e. The molecule has 0 bridgehead atoms. The van der Waals surface area contributed by atoms with Crippen LogP contribution < -0.4 is 4.74 Å². The first-order valence-corrected chi connectivity index (χ1v) is 7.28. The van der Waals surface area contributed by atoms with Crippen molar-refractivity contribution < 1.29 is 4.74 Å². The predicted molar refractivity (Wildman–Crippen MR) is 75.8 cm³/mol. The number of ether oxygens (including phenoxy) is 1. The molecular formula is C10H9BrINOS. The van der Waals surface area contributed by atoms with E-state index in [9.17, 15) is 0 Å². The van der Waals surface area contributed by atoms with Crippen molar-refractivity contribution >= 4 is 60.1 Å². The lowest BCUT2D eigenvalue weighted by molar-refractivity contribution is 0.316. The molecule has 1 aromatic carbocycles. The Morgan fingerprint density at radius 3 is 3.07 bits per heavy atom. The van der Waals surface area contributed by atoms with Gasteiger partial charge in [-0.1, -0.05) is 6.92 Å². The van der Waals surface area contributed by atoms with Gasteiger partial charge in [0.1, 0.15) is 5.75 Å². The Bertz CT molecular complexity index is 485. The maximum atomic E-state index is 5.63. The first kappa shape index (κ1) is 11.6. The van der Waals surface area contributed by atoms with Gasteiger partial charge in [-0.15, -0.1) is 11.3 Å². The molecule has 5 heteroatoms. The van der Waals surface area contributed by atoms with Crippen LogP contribution in [0.25, 0.3) is 10.2 Å². The Balaban J connectivity index is 2.42. The molecule has 0 fully saturated rings. The number of halogens is 2. The average molecular weight is 398 g/mol. The van der Waals surface area contributed by atoms with Crippen molar-refractivity contribution in [3.8, 4) is 5.75 Å². The summed E-state index contributed by atoms with van der Waals surface area (Å²) in [7, 11) is 0. The average Bonchev–Trinajstić information content (AvgIpc) is 2.53. The fraction of sp³-hybridized carbons (Fsp3) is 0.300. The van der Waals surface area contributed by atoms with Gasteiger partial charge >= 0.3 is 0 Å². The van der Waals surface area contributed by atoms with Crippen molar-refractivity contribution in [3.05, 3.63) is 19.6 Å². The summed E-state index contributed by atoms with van der Waals surface area (Å²) in [6, 6.07) is 4.06. The molecule has 0 aliphatic heterocycles. The Kier molecular flexibility index (Phi) is 3.84. The molecular weight excluding hydrogens is 389 g/mol. The van der Waals surface area contributed by atoms with Crippen LogP contribution in [0.15, 0.2) is 16.6 Å². The lowest BCUT2D eigenvalue weighted by Gasteiger charge is -2.06. The minimum atomic E-state index is 0.750. The first-order chi connectivity index (χ1) is 7.20. The number of rotatable bonds is 3. The molecule has 0 aliphatic rings. The standard InChI is InChI=1S/C10H9BrINOS/c1-2-3-14-8-5-9-7(4-6(8)11)13-10(12)15-9/h4-5H,2-3H2,1H3. The van der Waals surface area contributed by atoms with Crippen molar-refractivity contribution in [2.24, 2.45) is 0 Å². The number of hydrogen-bond acceptors (Lipinski definition) is 3. The molecule has 80 valence electrons. The Labute approximate surface area is 114 Å². The topological polar surface area (TPSA) is 22.1 Å². The second-order valence-corrected chi connectivity index (χ2v) is 6.70. The maximum Gasteiger partial charge on any atom is 0.155 e. The second-order valence-electron chi connectivity index (χ2n) is 3.07. The third kappa shape index (κ3) is 2.62. The monoisotopic (exact) mass is 397 g/mol. The highest BCUT2D eigenvalue weighted by atomic mass is 127. The highest BCUT2D eigenvalue weighted by Gasteiger charge is 2.07. The van der Waals surface area contributed by atoms with Crippen molar-refractivity contribution in [1.29, 1.82) is 0 Å². The van der Waals surface area contributed by atoms with E-state index in [0.29, 0.717) is 0 Å². The van der Waals surface area contributed by atoms with E-state index in [1.54, 1.807) is 11.3 Å². The van der Waals surface area contributed by atoms with Crippen molar-refractivity contribution in [2.75, 3.05) is 6.61 Å². The van der Waals surface area contributed by atoms with E-state index < -0.39 is 0 Å². The van der Waals surface area contributed by atoms with Crippen LogP contribution in [0.3, 0.4) is 0 Å². The lowest BCUT2D eigenvalue weighted by atomic mass is 10.3. The Hall–Kier alpha value is 0.120. The van der Waals surface area contributed by atoms with Crippen LogP contribution in [0.4, 0.5) is 0 Å². The molecule has 0 amide bonds. The molecule has 0 radical (unpaired) electrons. The van der Waals surface area contributed by atoms with Gasteiger partial charge in [0.15, 0.2) is 3.01 Å². The van der Waals surface area contributed by atoms with E-state index in [1.165, 1.54) is 4.70 Å². The van der Waals surface area contributed by atoms with Gasteiger partial charge in [-0.3, -0.25) is 0 Å². The van der Waals surface area contributed by atoms with Crippen LogP contribution in [0.1, 0.15) is 13.3 Å². The van der Waals surface area contributed by atoms with Crippen LogP contribution in [0, 0.1) is 3.01 Å².